The van der Waals surface area contributed by atoms with Gasteiger partial charge in [0.2, 0.25) is 5.91 Å². The van der Waals surface area contributed by atoms with Crippen LogP contribution in [0, 0.1) is 0 Å². The first-order valence-corrected chi connectivity index (χ1v) is 10.4. The number of hydrogen-bond donors (Lipinski definition) is 2. The van der Waals surface area contributed by atoms with E-state index in [1.165, 1.54) is 21.1 Å². The monoisotopic (exact) mass is 440 g/mol. The fourth-order valence-corrected chi connectivity index (χ4v) is 3.86. The second-order valence-corrected chi connectivity index (χ2v) is 7.85. The highest BCUT2D eigenvalue weighted by Crippen LogP contribution is 2.44. The van der Waals surface area contributed by atoms with Gasteiger partial charge in [-0.15, -0.1) is 0 Å². The first kappa shape index (κ1) is 23.3. The third-order valence-electron chi connectivity index (χ3n) is 6.01. The van der Waals surface area contributed by atoms with Crippen molar-refractivity contribution in [2.75, 3.05) is 20.8 Å². The van der Waals surface area contributed by atoms with Crippen LogP contribution >= 0.6 is 0 Å². The van der Waals surface area contributed by atoms with Crippen LogP contribution in [0.1, 0.15) is 30.9 Å². The number of carboxylic acids is 1. The van der Waals surface area contributed by atoms with Crippen LogP contribution in [0.4, 0.5) is 4.79 Å². The molecule has 32 heavy (non-hydrogen) atoms. The topological polar surface area (TPSA) is 105 Å². The molecule has 0 radical (unpaired) electrons. The van der Waals surface area contributed by atoms with Crippen LogP contribution < -0.4 is 5.32 Å². The summed E-state index contributed by atoms with van der Waals surface area (Å²) >= 11 is 0. The number of nitrogens with zero attached hydrogens (tertiary/aromatic N) is 1. The Morgan fingerprint density at radius 2 is 1.56 bits per heavy atom. The number of amides is 2. The van der Waals surface area contributed by atoms with Gasteiger partial charge in [0.15, 0.2) is 0 Å². The second-order valence-electron chi connectivity index (χ2n) is 7.85. The lowest BCUT2D eigenvalue weighted by molar-refractivity contribution is -0.150. The van der Waals surface area contributed by atoms with Crippen LogP contribution in [0.15, 0.2) is 48.5 Å². The molecule has 8 nitrogen and oxygen atoms in total. The highest BCUT2D eigenvalue weighted by Gasteiger charge is 2.34. The molecule has 2 amide bonds. The third-order valence-corrected chi connectivity index (χ3v) is 6.01. The van der Waals surface area contributed by atoms with E-state index in [2.05, 4.69) is 5.32 Å². The maximum atomic E-state index is 12.8. The van der Waals surface area contributed by atoms with Crippen LogP contribution in [0.2, 0.25) is 0 Å². The van der Waals surface area contributed by atoms with E-state index < -0.39 is 36.2 Å². The number of methoxy groups -OCH3 is 1. The molecule has 0 saturated carbocycles. The van der Waals surface area contributed by atoms with Crippen molar-refractivity contribution in [3.63, 3.8) is 0 Å². The standard InChI is InChI=1S/C24H28N2O6/c1-14(23(28)29)26(3)22(27)21(15(2)31-4)25-24(30)32-13-20-18-11-7-5-9-16(18)17-10-6-8-12-19(17)20/h5-12,14-15,20-21H,13H2,1-4H3,(H,25,30)(H,28,29)/t14?,15-,21+/m1/s1. The summed E-state index contributed by atoms with van der Waals surface area (Å²) in [4.78, 5) is 37.7. The molecule has 2 aromatic rings. The van der Waals surface area contributed by atoms with Crippen molar-refractivity contribution < 1.29 is 29.0 Å². The molecular weight excluding hydrogens is 412 g/mol. The number of benzene rings is 2. The first-order valence-electron chi connectivity index (χ1n) is 10.4. The Labute approximate surface area is 187 Å². The summed E-state index contributed by atoms with van der Waals surface area (Å²) in [7, 11) is 2.78. The number of hydrogen-bond acceptors (Lipinski definition) is 5. The van der Waals surface area contributed by atoms with E-state index in [0.717, 1.165) is 27.2 Å². The fourth-order valence-electron chi connectivity index (χ4n) is 3.86. The summed E-state index contributed by atoms with van der Waals surface area (Å²) in [6.45, 7) is 3.11. The molecule has 0 aromatic heterocycles. The van der Waals surface area contributed by atoms with Gasteiger partial charge in [0, 0.05) is 20.1 Å². The Bertz CT molecular complexity index is 962. The number of aliphatic carboxylic acids is 1. The normalized spacial score (nSPS) is 15.1. The minimum absolute atomic E-state index is 0.101. The highest BCUT2D eigenvalue weighted by atomic mass is 16.5. The van der Waals surface area contributed by atoms with Crippen molar-refractivity contribution in [2.24, 2.45) is 0 Å². The summed E-state index contributed by atoms with van der Waals surface area (Å²) in [5, 5.41) is 11.7. The summed E-state index contributed by atoms with van der Waals surface area (Å²) in [5.74, 6) is -1.84. The maximum absolute atomic E-state index is 12.8. The Hall–Kier alpha value is -3.39. The molecule has 0 fully saturated rings. The summed E-state index contributed by atoms with van der Waals surface area (Å²) in [6, 6.07) is 13.8. The van der Waals surface area contributed by atoms with E-state index in [9.17, 15) is 19.5 Å². The van der Waals surface area contributed by atoms with Crippen molar-refractivity contribution in [3.05, 3.63) is 59.7 Å². The number of carbonyl (C=O) groups is 3. The van der Waals surface area contributed by atoms with Gasteiger partial charge < -0.3 is 24.8 Å². The number of carboxylic acid groups (broad SMARTS) is 1. The zero-order valence-corrected chi connectivity index (χ0v) is 18.6. The molecular formula is C24H28N2O6. The molecule has 1 unspecified atom stereocenters. The lowest BCUT2D eigenvalue weighted by atomic mass is 9.98. The molecule has 170 valence electrons. The van der Waals surface area contributed by atoms with Gasteiger partial charge in [-0.25, -0.2) is 9.59 Å². The van der Waals surface area contributed by atoms with Crippen molar-refractivity contribution in [3.8, 4) is 11.1 Å². The molecule has 0 heterocycles. The molecule has 3 atom stereocenters. The van der Waals surface area contributed by atoms with Gasteiger partial charge in [-0.2, -0.15) is 0 Å². The van der Waals surface area contributed by atoms with Crippen LogP contribution in [-0.2, 0) is 19.1 Å². The first-order chi connectivity index (χ1) is 15.3. The van der Waals surface area contributed by atoms with Gasteiger partial charge in [0.25, 0.3) is 0 Å². The summed E-state index contributed by atoms with van der Waals surface area (Å²) in [6.07, 6.45) is -1.46. The maximum Gasteiger partial charge on any atom is 0.407 e. The van der Waals surface area contributed by atoms with Gasteiger partial charge in [0.1, 0.15) is 18.7 Å². The minimum Gasteiger partial charge on any atom is -0.480 e. The Morgan fingerprint density at radius 1 is 1.03 bits per heavy atom. The smallest absolute Gasteiger partial charge is 0.407 e. The Morgan fingerprint density at radius 3 is 2.06 bits per heavy atom. The minimum atomic E-state index is -1.15. The molecule has 0 bridgehead atoms. The van der Waals surface area contributed by atoms with Crippen LogP contribution in [-0.4, -0.2) is 66.9 Å². The largest absolute Gasteiger partial charge is 0.480 e. The summed E-state index contributed by atoms with van der Waals surface area (Å²) in [5.41, 5.74) is 4.38. The van der Waals surface area contributed by atoms with Crippen molar-refractivity contribution in [2.45, 2.75) is 38.0 Å². The van der Waals surface area contributed by atoms with Gasteiger partial charge in [-0.3, -0.25) is 4.79 Å². The lowest BCUT2D eigenvalue weighted by Crippen LogP contribution is -2.56. The molecule has 1 aliphatic carbocycles. The quantitative estimate of drug-likeness (QED) is 0.654. The average molecular weight is 440 g/mol. The number of rotatable bonds is 8. The number of likely N-dealkylation sites (N-methyl/N-ethyl adjacent to an activating group) is 1. The molecule has 2 N–H and O–H groups in total. The molecule has 8 heteroatoms. The number of fused-ring (bicyclic) bond motifs is 3. The third kappa shape index (κ3) is 4.60. The zero-order chi connectivity index (χ0) is 23.4. The number of nitrogens with one attached hydrogen (secondary N) is 1. The molecule has 2 aromatic carbocycles. The Balaban J connectivity index is 1.71. The molecule has 0 spiro atoms. The van der Waals surface area contributed by atoms with E-state index in [1.54, 1.807) is 6.92 Å². The van der Waals surface area contributed by atoms with Gasteiger partial charge in [-0.1, -0.05) is 48.5 Å². The van der Waals surface area contributed by atoms with Crippen LogP contribution in [0.3, 0.4) is 0 Å². The number of carbonyl (C=O) groups excluding carboxylic acids is 2. The zero-order valence-electron chi connectivity index (χ0n) is 18.6. The van der Waals surface area contributed by atoms with Crippen molar-refractivity contribution in [1.82, 2.24) is 10.2 Å². The Kier molecular flexibility index (Phi) is 7.15. The van der Waals surface area contributed by atoms with Gasteiger partial charge in [-0.05, 0) is 36.1 Å². The summed E-state index contributed by atoms with van der Waals surface area (Å²) < 4.78 is 10.7. The number of alkyl carbamates (subject to hydrolysis) is 1. The lowest BCUT2D eigenvalue weighted by Gasteiger charge is -2.29. The van der Waals surface area contributed by atoms with Crippen molar-refractivity contribution in [1.29, 1.82) is 0 Å². The van der Waals surface area contributed by atoms with E-state index in [-0.39, 0.29) is 12.5 Å². The SMILES string of the molecule is CO[C@H](C)[C@H](NC(=O)OCC1c2ccccc2-c2ccccc21)C(=O)N(C)C(C)C(=O)O. The number of ether oxygens (including phenoxy) is 2. The van der Waals surface area contributed by atoms with E-state index >= 15 is 0 Å². The molecule has 0 saturated heterocycles. The van der Waals surface area contributed by atoms with E-state index in [1.807, 2.05) is 48.5 Å². The van der Waals surface area contributed by atoms with E-state index in [4.69, 9.17) is 9.47 Å². The van der Waals surface area contributed by atoms with Crippen LogP contribution in [0.5, 0.6) is 0 Å². The molecule has 1 aliphatic rings. The second kappa shape index (κ2) is 9.82. The predicted octanol–water partition coefficient (Wildman–Crippen LogP) is 2.86. The molecule has 0 aliphatic heterocycles. The van der Waals surface area contributed by atoms with Crippen molar-refractivity contribution >= 4 is 18.0 Å². The predicted molar refractivity (Wildman–Crippen MR) is 118 cm³/mol. The van der Waals surface area contributed by atoms with Gasteiger partial charge >= 0.3 is 12.1 Å². The fraction of sp³-hybridized carbons (Fsp3) is 0.375. The van der Waals surface area contributed by atoms with E-state index in [0.29, 0.717) is 0 Å². The highest BCUT2D eigenvalue weighted by molar-refractivity contribution is 5.89. The molecule has 3 rings (SSSR count). The van der Waals surface area contributed by atoms with Gasteiger partial charge in [0.05, 0.1) is 6.10 Å². The average Bonchev–Trinajstić information content (AvgIpc) is 3.13. The van der Waals surface area contributed by atoms with Crippen LogP contribution in [0.25, 0.3) is 11.1 Å².